The van der Waals surface area contributed by atoms with E-state index in [9.17, 15) is 4.79 Å². The summed E-state index contributed by atoms with van der Waals surface area (Å²) in [7, 11) is 2.01. The summed E-state index contributed by atoms with van der Waals surface area (Å²) in [5.74, 6) is 0.482. The van der Waals surface area contributed by atoms with Crippen molar-refractivity contribution in [1.82, 2.24) is 20.3 Å². The smallest absolute Gasteiger partial charge is 0.273 e. The zero-order valence-electron chi connectivity index (χ0n) is 16.1. The van der Waals surface area contributed by atoms with E-state index in [1.165, 1.54) is 5.56 Å². The molecule has 7 nitrogen and oxygen atoms in total. The molecule has 1 N–H and O–H groups in total. The minimum absolute atomic E-state index is 0.198. The number of benzene rings is 1. The molecule has 0 unspecified atom stereocenters. The van der Waals surface area contributed by atoms with Crippen LogP contribution in [0.2, 0.25) is 0 Å². The van der Waals surface area contributed by atoms with Gasteiger partial charge < -0.3 is 14.6 Å². The Morgan fingerprint density at radius 1 is 1.26 bits per heavy atom. The zero-order valence-corrected chi connectivity index (χ0v) is 16.1. The number of hydrogen-bond donors (Lipinski definition) is 1. The Labute approximate surface area is 160 Å². The van der Waals surface area contributed by atoms with Gasteiger partial charge in [0.15, 0.2) is 11.5 Å². The molecule has 27 heavy (non-hydrogen) atoms. The Morgan fingerprint density at radius 2 is 2.00 bits per heavy atom. The molecule has 7 heteroatoms. The van der Waals surface area contributed by atoms with E-state index in [4.69, 9.17) is 9.26 Å². The number of carbonyl (C=O) groups excluding carboxylic acids is 1. The fraction of sp³-hybridized carbons (Fsp3) is 0.500. The summed E-state index contributed by atoms with van der Waals surface area (Å²) in [5.41, 5.74) is 1.56. The van der Waals surface area contributed by atoms with Gasteiger partial charge in [0.25, 0.3) is 5.91 Å². The molecule has 0 radical (unpaired) electrons. The quantitative estimate of drug-likeness (QED) is 0.761. The van der Waals surface area contributed by atoms with E-state index in [2.05, 4.69) is 39.3 Å². The molecule has 2 heterocycles. The Morgan fingerprint density at radius 3 is 2.74 bits per heavy atom. The lowest BCUT2D eigenvalue weighted by molar-refractivity contribution is 0.0204. The molecule has 1 saturated heterocycles. The van der Waals surface area contributed by atoms with E-state index in [0.29, 0.717) is 24.5 Å². The third kappa shape index (κ3) is 5.89. The second-order valence-corrected chi connectivity index (χ2v) is 7.04. The van der Waals surface area contributed by atoms with Crippen molar-refractivity contribution >= 4 is 5.91 Å². The van der Waals surface area contributed by atoms with Crippen LogP contribution >= 0.6 is 0 Å². The molecule has 0 spiro atoms. The highest BCUT2D eigenvalue weighted by Crippen LogP contribution is 2.10. The minimum Gasteiger partial charge on any atom is -0.379 e. The van der Waals surface area contributed by atoms with Crippen LogP contribution in [0.1, 0.15) is 28.7 Å². The number of nitrogens with zero attached hydrogens (tertiary/aromatic N) is 3. The van der Waals surface area contributed by atoms with Crippen molar-refractivity contribution < 1.29 is 14.1 Å². The normalized spacial score (nSPS) is 16.4. The van der Waals surface area contributed by atoms with Crippen molar-refractivity contribution in [2.45, 2.75) is 26.1 Å². The number of carbonyl (C=O) groups is 1. The third-order valence-corrected chi connectivity index (χ3v) is 4.74. The fourth-order valence-corrected chi connectivity index (χ4v) is 3.19. The molecule has 146 valence electrons. The standard InChI is InChI=1S/C20H28N4O3/c1-16(24-8-10-26-11-9-24)13-21-20(25)19-12-18(27-22-19)15-23(2)14-17-6-4-3-5-7-17/h3-7,12,16H,8-11,13-15H2,1-2H3,(H,21,25)/t16-/m0/s1. The number of ether oxygens (including phenoxy) is 1. The maximum atomic E-state index is 12.3. The van der Waals surface area contributed by atoms with E-state index in [0.717, 1.165) is 32.8 Å². The van der Waals surface area contributed by atoms with Crippen LogP contribution < -0.4 is 5.32 Å². The van der Waals surface area contributed by atoms with Gasteiger partial charge in [-0.2, -0.15) is 0 Å². The average Bonchev–Trinajstić information content (AvgIpc) is 3.15. The van der Waals surface area contributed by atoms with Crippen LogP contribution in [0.5, 0.6) is 0 Å². The first-order chi connectivity index (χ1) is 13.1. The van der Waals surface area contributed by atoms with Gasteiger partial charge >= 0.3 is 0 Å². The van der Waals surface area contributed by atoms with Crippen molar-refractivity contribution in [3.05, 3.63) is 53.4 Å². The van der Waals surface area contributed by atoms with Crippen molar-refractivity contribution in [2.24, 2.45) is 0 Å². The zero-order chi connectivity index (χ0) is 19.1. The predicted molar refractivity (Wildman–Crippen MR) is 102 cm³/mol. The number of aromatic nitrogens is 1. The SMILES string of the molecule is C[C@@H](CNC(=O)c1cc(CN(C)Cc2ccccc2)on1)N1CCOCC1. The fourth-order valence-electron chi connectivity index (χ4n) is 3.19. The van der Waals surface area contributed by atoms with Gasteiger partial charge in [-0.3, -0.25) is 14.6 Å². The Kier molecular flexibility index (Phi) is 6.98. The Balaban J connectivity index is 1.45. The van der Waals surface area contributed by atoms with Gasteiger partial charge in [-0.1, -0.05) is 35.5 Å². The second-order valence-electron chi connectivity index (χ2n) is 7.04. The first kappa shape index (κ1) is 19.5. The Hall–Kier alpha value is -2.22. The molecule has 0 saturated carbocycles. The van der Waals surface area contributed by atoms with E-state index < -0.39 is 0 Å². The van der Waals surface area contributed by atoms with Gasteiger partial charge in [-0.25, -0.2) is 0 Å². The van der Waals surface area contributed by atoms with E-state index in [1.54, 1.807) is 6.07 Å². The molecule has 1 aliphatic heterocycles. The lowest BCUT2D eigenvalue weighted by atomic mass is 10.2. The van der Waals surface area contributed by atoms with Gasteiger partial charge in [-0.05, 0) is 19.5 Å². The molecule has 1 amide bonds. The monoisotopic (exact) mass is 372 g/mol. The molecule has 1 atom stereocenters. The highest BCUT2D eigenvalue weighted by molar-refractivity contribution is 5.92. The van der Waals surface area contributed by atoms with Crippen molar-refractivity contribution in [3.63, 3.8) is 0 Å². The number of rotatable bonds is 8. The van der Waals surface area contributed by atoms with Gasteiger partial charge in [0, 0.05) is 38.3 Å². The lowest BCUT2D eigenvalue weighted by Crippen LogP contribution is -2.47. The summed E-state index contributed by atoms with van der Waals surface area (Å²) in [6.07, 6.45) is 0. The van der Waals surface area contributed by atoms with Gasteiger partial charge in [-0.15, -0.1) is 0 Å². The summed E-state index contributed by atoms with van der Waals surface area (Å²) < 4.78 is 10.7. The van der Waals surface area contributed by atoms with Crippen LogP contribution in [-0.2, 0) is 17.8 Å². The number of amides is 1. The molecule has 1 fully saturated rings. The van der Waals surface area contributed by atoms with Crippen LogP contribution in [0, 0.1) is 0 Å². The van der Waals surface area contributed by atoms with E-state index >= 15 is 0 Å². The average molecular weight is 372 g/mol. The second kappa shape index (κ2) is 9.64. The molecular weight excluding hydrogens is 344 g/mol. The highest BCUT2D eigenvalue weighted by atomic mass is 16.5. The predicted octanol–water partition coefficient (Wildman–Crippen LogP) is 1.76. The molecule has 1 aromatic carbocycles. The molecule has 2 aromatic rings. The van der Waals surface area contributed by atoms with Crippen LogP contribution in [-0.4, -0.2) is 66.8 Å². The maximum Gasteiger partial charge on any atom is 0.273 e. The van der Waals surface area contributed by atoms with Crippen LogP contribution in [0.3, 0.4) is 0 Å². The van der Waals surface area contributed by atoms with Crippen molar-refractivity contribution in [3.8, 4) is 0 Å². The van der Waals surface area contributed by atoms with Gasteiger partial charge in [0.1, 0.15) is 0 Å². The van der Waals surface area contributed by atoms with Crippen molar-refractivity contribution in [1.29, 1.82) is 0 Å². The van der Waals surface area contributed by atoms with Crippen LogP contribution in [0.4, 0.5) is 0 Å². The number of nitrogens with one attached hydrogen (secondary N) is 1. The molecular formula is C20H28N4O3. The summed E-state index contributed by atoms with van der Waals surface area (Å²) in [5, 5.41) is 6.86. The van der Waals surface area contributed by atoms with Crippen LogP contribution in [0.15, 0.2) is 40.9 Å². The Bertz CT molecular complexity index is 713. The summed E-state index contributed by atoms with van der Waals surface area (Å²) in [6.45, 7) is 7.40. The summed E-state index contributed by atoms with van der Waals surface area (Å²) in [4.78, 5) is 16.8. The molecule has 1 aliphatic rings. The minimum atomic E-state index is -0.198. The van der Waals surface area contributed by atoms with E-state index in [1.807, 2.05) is 25.2 Å². The third-order valence-electron chi connectivity index (χ3n) is 4.74. The molecule has 0 aliphatic carbocycles. The molecule has 0 bridgehead atoms. The highest BCUT2D eigenvalue weighted by Gasteiger charge is 2.19. The molecule has 3 rings (SSSR count). The van der Waals surface area contributed by atoms with Gasteiger partial charge in [0.2, 0.25) is 0 Å². The van der Waals surface area contributed by atoms with Gasteiger partial charge in [0.05, 0.1) is 19.8 Å². The summed E-state index contributed by atoms with van der Waals surface area (Å²) in [6, 6.07) is 12.2. The largest absolute Gasteiger partial charge is 0.379 e. The lowest BCUT2D eigenvalue weighted by Gasteiger charge is -2.32. The number of morpholine rings is 1. The van der Waals surface area contributed by atoms with Crippen LogP contribution in [0.25, 0.3) is 0 Å². The first-order valence-electron chi connectivity index (χ1n) is 9.40. The topological polar surface area (TPSA) is 70.8 Å². The molecule has 1 aromatic heterocycles. The summed E-state index contributed by atoms with van der Waals surface area (Å²) >= 11 is 0. The van der Waals surface area contributed by atoms with Crippen molar-refractivity contribution in [2.75, 3.05) is 39.9 Å². The maximum absolute atomic E-state index is 12.3. The number of hydrogen-bond acceptors (Lipinski definition) is 6. The first-order valence-corrected chi connectivity index (χ1v) is 9.40. The van der Waals surface area contributed by atoms with E-state index in [-0.39, 0.29) is 11.9 Å².